The second kappa shape index (κ2) is 5.91. The molecule has 0 aliphatic carbocycles. The van der Waals surface area contributed by atoms with Crippen LogP contribution in [-0.2, 0) is 11.8 Å². The Labute approximate surface area is 108 Å². The second-order valence-corrected chi connectivity index (χ2v) is 3.52. The molecule has 0 amide bonds. The zero-order valence-corrected chi connectivity index (χ0v) is 10.6. The first-order valence-electron chi connectivity index (χ1n) is 4.89. The third-order valence-electron chi connectivity index (χ3n) is 1.89. The lowest BCUT2D eigenvalue weighted by molar-refractivity contribution is -0.391. The minimum atomic E-state index is -0.555. The Hall–Kier alpha value is -2.23. The Morgan fingerprint density at radius 3 is 2.94 bits per heavy atom. The minimum Gasteiger partial charge on any atom is -0.473 e. The van der Waals surface area contributed by atoms with E-state index in [4.69, 9.17) is 10.5 Å². The summed E-state index contributed by atoms with van der Waals surface area (Å²) in [6.45, 7) is 2.06. The van der Waals surface area contributed by atoms with Gasteiger partial charge < -0.3 is 20.6 Å². The molecule has 0 fully saturated rings. The number of imidazole rings is 1. The van der Waals surface area contributed by atoms with Crippen LogP contribution in [0.3, 0.4) is 0 Å². The van der Waals surface area contributed by atoms with Crippen molar-refractivity contribution in [2.45, 2.75) is 6.92 Å². The standard InChI is InChI=1S/C8H12N6O3S/c1-3-17-7(11-12-8(9)18)6-10-4-5(13(6)2)14(15)16/h4H,3H2,1-2H3,(H3,9,12,18). The van der Waals surface area contributed by atoms with Crippen molar-refractivity contribution in [2.75, 3.05) is 6.61 Å². The van der Waals surface area contributed by atoms with Gasteiger partial charge in [-0.05, 0) is 24.1 Å². The van der Waals surface area contributed by atoms with Crippen LogP contribution < -0.4 is 11.2 Å². The molecule has 0 bridgehead atoms. The van der Waals surface area contributed by atoms with Crippen LogP contribution in [0.5, 0.6) is 0 Å². The highest BCUT2D eigenvalue weighted by Gasteiger charge is 2.22. The predicted molar refractivity (Wildman–Crippen MR) is 67.9 cm³/mol. The van der Waals surface area contributed by atoms with E-state index in [-0.39, 0.29) is 22.7 Å². The molecule has 98 valence electrons. The van der Waals surface area contributed by atoms with E-state index in [1.807, 2.05) is 0 Å². The number of ether oxygens (including phenoxy) is 1. The van der Waals surface area contributed by atoms with Crippen molar-refractivity contribution >= 4 is 29.0 Å². The van der Waals surface area contributed by atoms with Gasteiger partial charge in [0.2, 0.25) is 0 Å². The third kappa shape index (κ3) is 3.13. The molecular formula is C8H12N6O3S. The number of rotatable bonds is 4. The van der Waals surface area contributed by atoms with Crippen molar-refractivity contribution < 1.29 is 9.66 Å². The fourth-order valence-electron chi connectivity index (χ4n) is 1.16. The maximum Gasteiger partial charge on any atom is 0.343 e. The molecule has 0 aliphatic heterocycles. The molecule has 0 atom stereocenters. The predicted octanol–water partition coefficient (Wildman–Crippen LogP) is -0.140. The average Bonchev–Trinajstić information content (AvgIpc) is 2.66. The van der Waals surface area contributed by atoms with Gasteiger partial charge in [-0.15, -0.1) is 5.10 Å². The fourth-order valence-corrected chi connectivity index (χ4v) is 1.20. The molecule has 9 nitrogen and oxygen atoms in total. The smallest absolute Gasteiger partial charge is 0.343 e. The second-order valence-electron chi connectivity index (χ2n) is 3.08. The molecule has 0 radical (unpaired) electrons. The summed E-state index contributed by atoms with van der Waals surface area (Å²) in [7, 11) is 1.48. The summed E-state index contributed by atoms with van der Waals surface area (Å²) in [5, 5.41) is 14.4. The minimum absolute atomic E-state index is 0.0455. The van der Waals surface area contributed by atoms with Gasteiger partial charge in [0, 0.05) is 0 Å². The third-order valence-corrected chi connectivity index (χ3v) is 1.98. The lowest BCUT2D eigenvalue weighted by Gasteiger charge is -2.04. The molecule has 0 saturated carbocycles. The first kappa shape index (κ1) is 13.8. The summed E-state index contributed by atoms with van der Waals surface area (Å²) in [5.41, 5.74) is 7.57. The summed E-state index contributed by atoms with van der Waals surface area (Å²) in [4.78, 5) is 14.0. The van der Waals surface area contributed by atoms with E-state index in [1.165, 1.54) is 11.6 Å². The van der Waals surface area contributed by atoms with Crippen molar-refractivity contribution in [3.8, 4) is 0 Å². The van der Waals surface area contributed by atoms with Crippen LogP contribution in [0.2, 0.25) is 0 Å². The Balaban J connectivity index is 3.10. The lowest BCUT2D eigenvalue weighted by atomic mass is 10.6. The van der Waals surface area contributed by atoms with Crippen LogP contribution in [0.4, 0.5) is 5.82 Å². The number of nitrogens with one attached hydrogen (secondary N) is 1. The Morgan fingerprint density at radius 1 is 1.83 bits per heavy atom. The average molecular weight is 272 g/mol. The highest BCUT2D eigenvalue weighted by molar-refractivity contribution is 7.80. The van der Waals surface area contributed by atoms with Crippen LogP contribution in [0.1, 0.15) is 12.7 Å². The van der Waals surface area contributed by atoms with Gasteiger partial charge in [0.1, 0.15) is 6.20 Å². The van der Waals surface area contributed by atoms with E-state index in [9.17, 15) is 10.1 Å². The van der Waals surface area contributed by atoms with Gasteiger partial charge in [0.25, 0.3) is 11.7 Å². The van der Waals surface area contributed by atoms with E-state index in [0.717, 1.165) is 6.20 Å². The van der Waals surface area contributed by atoms with Crippen molar-refractivity contribution in [3.63, 3.8) is 0 Å². The van der Waals surface area contributed by atoms with Crippen LogP contribution in [0.25, 0.3) is 0 Å². The monoisotopic (exact) mass is 272 g/mol. The molecule has 3 N–H and O–H groups in total. The van der Waals surface area contributed by atoms with E-state index >= 15 is 0 Å². The Morgan fingerprint density at radius 2 is 2.50 bits per heavy atom. The Kier molecular flexibility index (Phi) is 4.54. The zero-order chi connectivity index (χ0) is 13.7. The quantitative estimate of drug-likeness (QED) is 0.257. The lowest BCUT2D eigenvalue weighted by Crippen LogP contribution is -2.27. The van der Waals surface area contributed by atoms with Gasteiger partial charge in [-0.1, -0.05) is 0 Å². The van der Waals surface area contributed by atoms with Gasteiger partial charge in [-0.3, -0.25) is 5.43 Å². The normalized spacial score (nSPS) is 11.1. The van der Waals surface area contributed by atoms with Crippen molar-refractivity contribution in [2.24, 2.45) is 17.9 Å². The van der Waals surface area contributed by atoms with Crippen LogP contribution >= 0.6 is 12.2 Å². The molecule has 0 aromatic carbocycles. The van der Waals surface area contributed by atoms with E-state index in [2.05, 4.69) is 27.7 Å². The number of thiocarbonyl (C=S) groups is 1. The van der Waals surface area contributed by atoms with Gasteiger partial charge in [-0.2, -0.15) is 0 Å². The van der Waals surface area contributed by atoms with Crippen molar-refractivity contribution in [1.82, 2.24) is 15.0 Å². The number of nitrogens with two attached hydrogens (primary N) is 1. The van der Waals surface area contributed by atoms with E-state index in [0.29, 0.717) is 6.61 Å². The molecule has 0 aliphatic rings. The molecule has 0 spiro atoms. The molecule has 1 heterocycles. The summed E-state index contributed by atoms with van der Waals surface area (Å²) in [6.07, 6.45) is 1.12. The highest BCUT2D eigenvalue weighted by atomic mass is 32.1. The summed E-state index contributed by atoms with van der Waals surface area (Å²) < 4.78 is 6.46. The molecule has 1 aromatic heterocycles. The van der Waals surface area contributed by atoms with Crippen LogP contribution in [0.15, 0.2) is 11.3 Å². The van der Waals surface area contributed by atoms with Crippen LogP contribution in [-0.4, -0.2) is 32.1 Å². The van der Waals surface area contributed by atoms with Crippen LogP contribution in [0, 0.1) is 10.1 Å². The number of aromatic nitrogens is 2. The van der Waals surface area contributed by atoms with Crippen molar-refractivity contribution in [1.29, 1.82) is 0 Å². The number of hydrazone groups is 1. The van der Waals surface area contributed by atoms with E-state index in [1.54, 1.807) is 6.92 Å². The SMILES string of the molecule is CCOC(=NNC(N)=S)c1ncc([N+](=O)[O-])n1C. The zero-order valence-electron chi connectivity index (χ0n) is 9.78. The molecule has 0 unspecified atom stereocenters. The van der Waals surface area contributed by atoms with Gasteiger partial charge >= 0.3 is 5.82 Å². The largest absolute Gasteiger partial charge is 0.473 e. The fraction of sp³-hybridized carbons (Fsp3) is 0.375. The maximum atomic E-state index is 10.7. The maximum absolute atomic E-state index is 10.7. The molecular weight excluding hydrogens is 260 g/mol. The first-order valence-corrected chi connectivity index (χ1v) is 5.30. The highest BCUT2D eigenvalue weighted by Crippen LogP contribution is 2.12. The molecule has 10 heteroatoms. The summed E-state index contributed by atoms with van der Waals surface area (Å²) >= 11 is 4.60. The van der Waals surface area contributed by atoms with E-state index < -0.39 is 4.92 Å². The summed E-state index contributed by atoms with van der Waals surface area (Å²) in [5.74, 6) is 0.0981. The Bertz CT molecular complexity index is 497. The molecule has 1 aromatic rings. The number of hydrogen-bond donors (Lipinski definition) is 2. The van der Waals surface area contributed by atoms with Crippen molar-refractivity contribution in [3.05, 3.63) is 22.1 Å². The van der Waals surface area contributed by atoms with Gasteiger partial charge in [-0.25, -0.2) is 9.55 Å². The number of nitrogens with zero attached hydrogens (tertiary/aromatic N) is 4. The molecule has 0 saturated heterocycles. The van der Waals surface area contributed by atoms with Gasteiger partial charge in [0.05, 0.1) is 13.7 Å². The number of hydrogen-bond acceptors (Lipinski definition) is 6. The first-order chi connectivity index (χ1) is 8.47. The number of nitro groups is 1. The summed E-state index contributed by atoms with van der Waals surface area (Å²) in [6, 6.07) is 0. The van der Waals surface area contributed by atoms with Gasteiger partial charge in [0.15, 0.2) is 5.11 Å². The molecule has 18 heavy (non-hydrogen) atoms. The molecule has 1 rings (SSSR count). The topological polar surface area (TPSA) is 121 Å².